The van der Waals surface area contributed by atoms with Gasteiger partial charge in [0.05, 0.1) is 11.7 Å². The number of hydrogen-bond donors (Lipinski definition) is 1. The first-order valence-electron chi connectivity index (χ1n) is 8.78. The fourth-order valence-electron chi connectivity index (χ4n) is 2.82. The molecule has 3 rings (SSSR count). The smallest absolute Gasteiger partial charge is 0.287 e. The molecule has 1 aromatic carbocycles. The molecule has 0 spiro atoms. The highest BCUT2D eigenvalue weighted by molar-refractivity contribution is 6.30. The molecule has 0 saturated heterocycles. The SMILES string of the molecule is CCn1nccc1C(C)NC(=O)c1ccc(COc2ccc(Cl)cc2C)o1. The molecular formula is C20H22ClN3O3. The van der Waals surface area contributed by atoms with E-state index in [4.69, 9.17) is 20.8 Å². The van der Waals surface area contributed by atoms with Crippen molar-refractivity contribution in [2.24, 2.45) is 0 Å². The summed E-state index contributed by atoms with van der Waals surface area (Å²) in [6.07, 6.45) is 1.72. The number of aromatic nitrogens is 2. The van der Waals surface area contributed by atoms with E-state index in [0.29, 0.717) is 10.8 Å². The normalized spacial score (nSPS) is 12.0. The van der Waals surface area contributed by atoms with E-state index in [9.17, 15) is 4.79 Å². The van der Waals surface area contributed by atoms with Gasteiger partial charge in [0.2, 0.25) is 0 Å². The lowest BCUT2D eigenvalue weighted by Crippen LogP contribution is -2.28. The lowest BCUT2D eigenvalue weighted by atomic mass is 10.2. The first-order valence-corrected chi connectivity index (χ1v) is 9.16. The molecule has 1 atom stereocenters. The molecule has 3 aromatic rings. The Morgan fingerprint density at radius 3 is 2.89 bits per heavy atom. The van der Waals surface area contributed by atoms with Crippen molar-refractivity contribution >= 4 is 17.5 Å². The lowest BCUT2D eigenvalue weighted by molar-refractivity contribution is 0.0906. The number of nitrogens with one attached hydrogen (secondary N) is 1. The van der Waals surface area contributed by atoms with Crippen LogP contribution in [0.4, 0.5) is 0 Å². The Bertz CT molecular complexity index is 932. The molecule has 0 fully saturated rings. The summed E-state index contributed by atoms with van der Waals surface area (Å²) in [5, 5.41) is 7.81. The Kier molecular flexibility index (Phi) is 5.86. The minimum Gasteiger partial charge on any atom is -0.485 e. The topological polar surface area (TPSA) is 69.3 Å². The second-order valence-electron chi connectivity index (χ2n) is 6.23. The second kappa shape index (κ2) is 8.31. The predicted molar refractivity (Wildman–Crippen MR) is 103 cm³/mol. The van der Waals surface area contributed by atoms with Gasteiger partial charge in [0.15, 0.2) is 5.76 Å². The first-order chi connectivity index (χ1) is 13.0. The van der Waals surface area contributed by atoms with Crippen molar-refractivity contribution in [3.05, 3.63) is 70.4 Å². The molecule has 142 valence electrons. The average Bonchev–Trinajstić information content (AvgIpc) is 3.30. The van der Waals surface area contributed by atoms with Crippen molar-refractivity contribution in [3.8, 4) is 5.75 Å². The van der Waals surface area contributed by atoms with Crippen LogP contribution in [0, 0.1) is 6.92 Å². The minimum absolute atomic E-state index is 0.179. The molecule has 0 radical (unpaired) electrons. The van der Waals surface area contributed by atoms with Crippen molar-refractivity contribution in [3.63, 3.8) is 0 Å². The number of hydrogen-bond acceptors (Lipinski definition) is 4. The van der Waals surface area contributed by atoms with E-state index in [1.165, 1.54) is 0 Å². The van der Waals surface area contributed by atoms with E-state index in [0.717, 1.165) is 23.6 Å². The van der Waals surface area contributed by atoms with Crippen LogP contribution in [0.3, 0.4) is 0 Å². The first kappa shape index (κ1) is 19.0. The van der Waals surface area contributed by atoms with Gasteiger partial charge in [-0.15, -0.1) is 0 Å². The summed E-state index contributed by atoms with van der Waals surface area (Å²) < 4.78 is 13.2. The van der Waals surface area contributed by atoms with E-state index in [1.54, 1.807) is 24.4 Å². The number of amides is 1. The van der Waals surface area contributed by atoms with Gasteiger partial charge in [-0.3, -0.25) is 9.48 Å². The van der Waals surface area contributed by atoms with Crippen LogP contribution in [0.15, 0.2) is 47.0 Å². The van der Waals surface area contributed by atoms with E-state index in [-0.39, 0.29) is 24.3 Å². The van der Waals surface area contributed by atoms with Gasteiger partial charge in [0.1, 0.15) is 18.1 Å². The Balaban J connectivity index is 1.60. The summed E-state index contributed by atoms with van der Waals surface area (Å²) in [5.74, 6) is 1.26. The van der Waals surface area contributed by atoms with Crippen LogP contribution in [-0.2, 0) is 13.2 Å². The molecule has 0 saturated carbocycles. The van der Waals surface area contributed by atoms with Gasteiger partial charge in [-0.1, -0.05) is 11.6 Å². The molecule has 7 heteroatoms. The van der Waals surface area contributed by atoms with Crippen molar-refractivity contribution in [2.45, 2.75) is 40.0 Å². The number of aryl methyl sites for hydroxylation is 2. The van der Waals surface area contributed by atoms with Gasteiger partial charge in [-0.05, 0) is 62.7 Å². The number of rotatable bonds is 7. The summed E-state index contributed by atoms with van der Waals surface area (Å²) in [4.78, 5) is 12.4. The maximum Gasteiger partial charge on any atom is 0.287 e. The predicted octanol–water partition coefficient (Wildman–Crippen LogP) is 4.53. The fourth-order valence-corrected chi connectivity index (χ4v) is 3.04. The van der Waals surface area contributed by atoms with Crippen LogP contribution in [-0.4, -0.2) is 15.7 Å². The quantitative estimate of drug-likeness (QED) is 0.646. The maximum absolute atomic E-state index is 12.4. The zero-order chi connectivity index (χ0) is 19.4. The number of nitrogens with zero attached hydrogens (tertiary/aromatic N) is 2. The van der Waals surface area contributed by atoms with Crippen molar-refractivity contribution in [1.82, 2.24) is 15.1 Å². The Morgan fingerprint density at radius 1 is 1.33 bits per heavy atom. The van der Waals surface area contributed by atoms with Gasteiger partial charge in [0, 0.05) is 17.8 Å². The summed E-state index contributed by atoms with van der Waals surface area (Å²) in [6, 6.07) is 10.5. The largest absolute Gasteiger partial charge is 0.485 e. The van der Waals surface area contributed by atoms with Gasteiger partial charge in [-0.25, -0.2) is 0 Å². The standard InChI is InChI=1S/C20H22ClN3O3/c1-4-24-17(9-10-22-24)14(3)23-20(25)19-8-6-16(27-19)12-26-18-7-5-15(21)11-13(18)2/h5-11,14H,4,12H2,1-3H3,(H,23,25). The molecule has 1 N–H and O–H groups in total. The van der Waals surface area contributed by atoms with E-state index in [2.05, 4.69) is 10.4 Å². The lowest BCUT2D eigenvalue weighted by Gasteiger charge is -2.14. The number of ether oxygens (including phenoxy) is 1. The minimum atomic E-state index is -0.278. The number of carbonyl (C=O) groups is 1. The molecular weight excluding hydrogens is 366 g/mol. The third kappa shape index (κ3) is 4.52. The molecule has 27 heavy (non-hydrogen) atoms. The summed E-state index contributed by atoms with van der Waals surface area (Å²) in [6.45, 7) is 6.82. The average molecular weight is 388 g/mol. The second-order valence-corrected chi connectivity index (χ2v) is 6.67. The van der Waals surface area contributed by atoms with Crippen molar-refractivity contribution in [2.75, 3.05) is 0 Å². The zero-order valence-corrected chi connectivity index (χ0v) is 16.3. The summed E-state index contributed by atoms with van der Waals surface area (Å²) >= 11 is 5.95. The monoisotopic (exact) mass is 387 g/mol. The molecule has 2 aromatic heterocycles. The molecule has 1 unspecified atom stereocenters. The maximum atomic E-state index is 12.4. The fraction of sp³-hybridized carbons (Fsp3) is 0.300. The van der Waals surface area contributed by atoms with Crippen LogP contribution in [0.2, 0.25) is 5.02 Å². The summed E-state index contributed by atoms with van der Waals surface area (Å²) in [5.41, 5.74) is 1.88. The summed E-state index contributed by atoms with van der Waals surface area (Å²) in [7, 11) is 0. The Labute approximate surface area is 163 Å². The molecule has 6 nitrogen and oxygen atoms in total. The van der Waals surface area contributed by atoms with Gasteiger partial charge >= 0.3 is 0 Å². The molecule has 0 aliphatic heterocycles. The third-order valence-electron chi connectivity index (χ3n) is 4.23. The van der Waals surface area contributed by atoms with Gasteiger partial charge < -0.3 is 14.5 Å². The third-order valence-corrected chi connectivity index (χ3v) is 4.47. The molecule has 0 bridgehead atoms. The van der Waals surface area contributed by atoms with Crippen LogP contribution < -0.4 is 10.1 Å². The van der Waals surface area contributed by atoms with Crippen LogP contribution >= 0.6 is 11.6 Å². The molecule has 0 aliphatic rings. The number of furan rings is 1. The Hall–Kier alpha value is -2.73. The van der Waals surface area contributed by atoms with Gasteiger partial charge in [-0.2, -0.15) is 5.10 Å². The van der Waals surface area contributed by atoms with Crippen LogP contribution in [0.5, 0.6) is 5.75 Å². The molecule has 2 heterocycles. The van der Waals surface area contributed by atoms with E-state index < -0.39 is 0 Å². The van der Waals surface area contributed by atoms with Crippen LogP contribution in [0.25, 0.3) is 0 Å². The Morgan fingerprint density at radius 2 is 2.15 bits per heavy atom. The number of halogens is 1. The highest BCUT2D eigenvalue weighted by Gasteiger charge is 2.17. The van der Waals surface area contributed by atoms with E-state index in [1.807, 2.05) is 43.7 Å². The molecule has 0 aliphatic carbocycles. The van der Waals surface area contributed by atoms with Crippen molar-refractivity contribution in [1.29, 1.82) is 0 Å². The van der Waals surface area contributed by atoms with E-state index >= 15 is 0 Å². The highest BCUT2D eigenvalue weighted by Crippen LogP contribution is 2.23. The number of carbonyl (C=O) groups excluding carboxylic acids is 1. The zero-order valence-electron chi connectivity index (χ0n) is 15.5. The van der Waals surface area contributed by atoms with Gasteiger partial charge in [0.25, 0.3) is 5.91 Å². The van der Waals surface area contributed by atoms with Crippen LogP contribution in [0.1, 0.15) is 47.5 Å². The highest BCUT2D eigenvalue weighted by atomic mass is 35.5. The van der Waals surface area contributed by atoms with Crippen molar-refractivity contribution < 1.29 is 13.9 Å². The number of benzene rings is 1. The molecule has 1 amide bonds.